The molecule has 1 aromatic heterocycles. The number of aromatic nitrogens is 2. The van der Waals surface area contributed by atoms with E-state index in [2.05, 4.69) is 34.3 Å². The van der Waals surface area contributed by atoms with E-state index in [0.29, 0.717) is 11.7 Å². The van der Waals surface area contributed by atoms with Crippen LogP contribution in [0.25, 0.3) is 0 Å². The van der Waals surface area contributed by atoms with Crippen LogP contribution in [0.1, 0.15) is 18.9 Å². The summed E-state index contributed by atoms with van der Waals surface area (Å²) in [6.07, 6.45) is 2.24. The minimum absolute atomic E-state index is 0.185. The maximum absolute atomic E-state index is 5.61. The molecule has 5 nitrogen and oxygen atoms in total. The highest BCUT2D eigenvalue weighted by Gasteiger charge is 2.03. The number of rotatable bonds is 5. The van der Waals surface area contributed by atoms with Gasteiger partial charge in [0.15, 0.2) is 0 Å². The Hall–Kier alpha value is -2.30. The van der Waals surface area contributed by atoms with Crippen molar-refractivity contribution in [1.29, 1.82) is 0 Å². The number of nitrogen functional groups attached to an aromatic ring is 1. The van der Waals surface area contributed by atoms with E-state index in [1.54, 1.807) is 13.2 Å². The zero-order valence-electron chi connectivity index (χ0n) is 11.2. The van der Waals surface area contributed by atoms with Crippen molar-refractivity contribution in [3.63, 3.8) is 0 Å². The molecule has 1 aromatic carbocycles. The second-order valence-electron chi connectivity index (χ2n) is 4.23. The summed E-state index contributed by atoms with van der Waals surface area (Å²) < 4.78 is 5.05. The van der Waals surface area contributed by atoms with Crippen molar-refractivity contribution in [3.8, 4) is 5.88 Å². The van der Waals surface area contributed by atoms with Gasteiger partial charge in [0.2, 0.25) is 11.8 Å². The Morgan fingerprint density at radius 1 is 1.21 bits per heavy atom. The van der Waals surface area contributed by atoms with Gasteiger partial charge >= 0.3 is 0 Å². The van der Waals surface area contributed by atoms with Crippen molar-refractivity contribution >= 4 is 17.5 Å². The summed E-state index contributed by atoms with van der Waals surface area (Å²) >= 11 is 0. The summed E-state index contributed by atoms with van der Waals surface area (Å²) in [4.78, 5) is 8.05. The molecule has 5 heteroatoms. The summed E-state index contributed by atoms with van der Waals surface area (Å²) in [5.74, 6) is 1.25. The average molecular weight is 258 g/mol. The molecule has 0 aliphatic heterocycles. The van der Waals surface area contributed by atoms with Crippen LogP contribution in [0.4, 0.5) is 17.5 Å². The molecule has 2 rings (SSSR count). The molecule has 0 amide bonds. The quantitative estimate of drug-likeness (QED) is 0.862. The van der Waals surface area contributed by atoms with Gasteiger partial charge in [-0.25, -0.2) is 0 Å². The van der Waals surface area contributed by atoms with Crippen molar-refractivity contribution < 1.29 is 4.74 Å². The number of benzene rings is 1. The van der Waals surface area contributed by atoms with Crippen LogP contribution in [0.5, 0.6) is 5.88 Å². The van der Waals surface area contributed by atoms with Gasteiger partial charge in [0, 0.05) is 11.8 Å². The number of nitrogens with zero attached hydrogens (tertiary/aromatic N) is 2. The molecule has 19 heavy (non-hydrogen) atoms. The first-order chi connectivity index (χ1) is 9.21. The Bertz CT molecular complexity index is 540. The molecule has 0 aliphatic rings. The number of methoxy groups -OCH3 is 1. The summed E-state index contributed by atoms with van der Waals surface area (Å²) in [6.45, 7) is 2.17. The second-order valence-corrected chi connectivity index (χ2v) is 4.23. The van der Waals surface area contributed by atoms with Gasteiger partial charge in [-0.05, 0) is 24.1 Å². The van der Waals surface area contributed by atoms with Gasteiger partial charge in [0.05, 0.1) is 7.11 Å². The van der Waals surface area contributed by atoms with Crippen LogP contribution in [0.2, 0.25) is 0 Å². The molecule has 3 N–H and O–H groups in total. The highest BCUT2D eigenvalue weighted by atomic mass is 16.5. The summed E-state index contributed by atoms with van der Waals surface area (Å²) in [6, 6.07) is 9.96. The third-order valence-electron chi connectivity index (χ3n) is 2.69. The zero-order chi connectivity index (χ0) is 13.7. The lowest BCUT2D eigenvalue weighted by atomic mass is 10.1. The van der Waals surface area contributed by atoms with E-state index in [0.717, 1.165) is 18.5 Å². The fourth-order valence-electron chi connectivity index (χ4n) is 1.80. The Labute approximate surface area is 112 Å². The SMILES string of the molecule is CCCc1ccc(Nc2cc(OC)nc(N)n2)cc1. The second kappa shape index (κ2) is 6.04. The molecular formula is C14H18N4O. The first-order valence-corrected chi connectivity index (χ1v) is 6.25. The topological polar surface area (TPSA) is 73.1 Å². The molecule has 0 saturated carbocycles. The van der Waals surface area contributed by atoms with E-state index >= 15 is 0 Å². The number of nitrogens with two attached hydrogens (primary N) is 1. The first-order valence-electron chi connectivity index (χ1n) is 6.25. The van der Waals surface area contributed by atoms with Crippen LogP contribution in [0.3, 0.4) is 0 Å². The Kier molecular flexibility index (Phi) is 4.18. The van der Waals surface area contributed by atoms with Crippen LogP contribution in [-0.2, 0) is 6.42 Å². The maximum atomic E-state index is 5.61. The van der Waals surface area contributed by atoms with E-state index < -0.39 is 0 Å². The molecule has 0 spiro atoms. The lowest BCUT2D eigenvalue weighted by Gasteiger charge is -2.08. The van der Waals surface area contributed by atoms with Gasteiger partial charge in [-0.2, -0.15) is 9.97 Å². The van der Waals surface area contributed by atoms with Crippen molar-refractivity contribution in [1.82, 2.24) is 9.97 Å². The van der Waals surface area contributed by atoms with E-state index in [4.69, 9.17) is 10.5 Å². The molecule has 100 valence electrons. The van der Waals surface area contributed by atoms with Crippen molar-refractivity contribution in [3.05, 3.63) is 35.9 Å². The van der Waals surface area contributed by atoms with Crippen molar-refractivity contribution in [2.45, 2.75) is 19.8 Å². The van der Waals surface area contributed by atoms with Crippen molar-refractivity contribution in [2.24, 2.45) is 0 Å². The van der Waals surface area contributed by atoms with Crippen LogP contribution >= 0.6 is 0 Å². The number of ether oxygens (including phenoxy) is 1. The molecule has 0 bridgehead atoms. The van der Waals surface area contributed by atoms with E-state index in [1.165, 1.54) is 5.56 Å². The molecular weight excluding hydrogens is 240 g/mol. The van der Waals surface area contributed by atoms with E-state index in [-0.39, 0.29) is 5.95 Å². The summed E-state index contributed by atoms with van der Waals surface area (Å²) in [5, 5.41) is 3.18. The fraction of sp³-hybridized carbons (Fsp3) is 0.286. The van der Waals surface area contributed by atoms with E-state index in [9.17, 15) is 0 Å². The highest BCUT2D eigenvalue weighted by Crippen LogP contribution is 2.19. The van der Waals surface area contributed by atoms with Crippen LogP contribution in [0, 0.1) is 0 Å². The summed E-state index contributed by atoms with van der Waals surface area (Å²) in [5.41, 5.74) is 7.90. The molecule has 0 saturated heterocycles. The van der Waals surface area contributed by atoms with Gasteiger partial charge < -0.3 is 15.8 Å². The standard InChI is InChI=1S/C14H18N4O/c1-3-4-10-5-7-11(8-6-10)16-12-9-13(19-2)18-14(15)17-12/h5-9H,3-4H2,1-2H3,(H3,15,16,17,18). The number of anilines is 3. The minimum Gasteiger partial charge on any atom is -0.481 e. The molecule has 2 aromatic rings. The maximum Gasteiger partial charge on any atom is 0.225 e. The molecule has 0 fully saturated rings. The predicted molar refractivity (Wildman–Crippen MR) is 76.7 cm³/mol. The number of aryl methyl sites for hydroxylation is 1. The van der Waals surface area contributed by atoms with Crippen LogP contribution in [-0.4, -0.2) is 17.1 Å². The molecule has 0 atom stereocenters. The van der Waals surface area contributed by atoms with Crippen LogP contribution < -0.4 is 15.8 Å². The van der Waals surface area contributed by atoms with Gasteiger partial charge in [-0.1, -0.05) is 25.5 Å². The Morgan fingerprint density at radius 3 is 2.58 bits per heavy atom. The Balaban J connectivity index is 2.14. The first kappa shape index (κ1) is 13.1. The number of hydrogen-bond acceptors (Lipinski definition) is 5. The highest BCUT2D eigenvalue weighted by molar-refractivity contribution is 5.58. The number of nitrogens with one attached hydrogen (secondary N) is 1. The molecule has 0 aliphatic carbocycles. The number of hydrogen-bond donors (Lipinski definition) is 2. The lowest BCUT2D eigenvalue weighted by Crippen LogP contribution is -2.01. The van der Waals surface area contributed by atoms with Gasteiger partial charge in [0.1, 0.15) is 5.82 Å². The smallest absolute Gasteiger partial charge is 0.225 e. The van der Waals surface area contributed by atoms with E-state index in [1.807, 2.05) is 12.1 Å². The molecule has 0 radical (unpaired) electrons. The monoisotopic (exact) mass is 258 g/mol. The normalized spacial score (nSPS) is 10.2. The van der Waals surface area contributed by atoms with Crippen molar-refractivity contribution in [2.75, 3.05) is 18.2 Å². The fourth-order valence-corrected chi connectivity index (χ4v) is 1.80. The largest absolute Gasteiger partial charge is 0.481 e. The lowest BCUT2D eigenvalue weighted by molar-refractivity contribution is 0.398. The molecule has 0 unspecified atom stereocenters. The molecule has 1 heterocycles. The minimum atomic E-state index is 0.185. The average Bonchev–Trinajstić information content (AvgIpc) is 2.40. The van der Waals surface area contributed by atoms with Gasteiger partial charge in [-0.3, -0.25) is 0 Å². The summed E-state index contributed by atoms with van der Waals surface area (Å²) in [7, 11) is 1.55. The predicted octanol–water partition coefficient (Wildman–Crippen LogP) is 2.76. The zero-order valence-corrected chi connectivity index (χ0v) is 11.2. The van der Waals surface area contributed by atoms with Crippen LogP contribution in [0.15, 0.2) is 30.3 Å². The third kappa shape index (κ3) is 3.58. The van der Waals surface area contributed by atoms with Gasteiger partial charge in [-0.15, -0.1) is 0 Å². The third-order valence-corrected chi connectivity index (χ3v) is 2.69. The van der Waals surface area contributed by atoms with Gasteiger partial charge in [0.25, 0.3) is 0 Å². The Morgan fingerprint density at radius 2 is 1.95 bits per heavy atom.